The second-order valence-corrected chi connectivity index (χ2v) is 7.05. The monoisotopic (exact) mass is 419 g/mol. The summed E-state index contributed by atoms with van der Waals surface area (Å²) in [7, 11) is 0. The van der Waals surface area contributed by atoms with Gasteiger partial charge in [0.25, 0.3) is 0 Å². The molecule has 0 atom stereocenters. The van der Waals surface area contributed by atoms with Gasteiger partial charge in [-0.3, -0.25) is 9.25 Å². The highest BCUT2D eigenvalue weighted by Gasteiger charge is 2.33. The molecule has 1 aromatic carbocycles. The Morgan fingerprint density at radius 3 is 2.37 bits per heavy atom. The Bertz CT molecular complexity index is 1080. The van der Waals surface area contributed by atoms with Gasteiger partial charge < -0.3 is 9.80 Å². The smallest absolute Gasteiger partial charge is 0.368 e. The highest BCUT2D eigenvalue weighted by Crippen LogP contribution is 2.27. The van der Waals surface area contributed by atoms with Gasteiger partial charge in [0, 0.05) is 38.1 Å². The van der Waals surface area contributed by atoms with E-state index in [1.54, 1.807) is 0 Å². The summed E-state index contributed by atoms with van der Waals surface area (Å²) in [4.78, 5) is 24.8. The molecule has 3 heterocycles. The average molecular weight is 419 g/mol. The molecule has 11 heteroatoms. The van der Waals surface area contributed by atoms with Gasteiger partial charge in [-0.05, 0) is 24.6 Å². The predicted molar refractivity (Wildman–Crippen MR) is 105 cm³/mol. The molecule has 0 radical (unpaired) electrons. The minimum Gasteiger partial charge on any atom is -0.368 e. The third-order valence-electron chi connectivity index (χ3n) is 5.00. The quantitative estimate of drug-likeness (QED) is 0.644. The molecule has 0 saturated carbocycles. The van der Waals surface area contributed by atoms with E-state index in [9.17, 15) is 18.0 Å². The zero-order valence-electron chi connectivity index (χ0n) is 16.2. The number of anilines is 2. The number of nitrogens with zero attached hydrogens (tertiary/aromatic N) is 7. The predicted octanol–water partition coefficient (Wildman–Crippen LogP) is 1.99. The number of benzene rings is 1. The van der Waals surface area contributed by atoms with E-state index in [0.717, 1.165) is 34.6 Å². The number of hydrogen-bond acceptors (Lipinski definition) is 6. The van der Waals surface area contributed by atoms with Crippen LogP contribution in [0.15, 0.2) is 47.7 Å². The fourth-order valence-electron chi connectivity index (χ4n) is 3.41. The zero-order valence-corrected chi connectivity index (χ0v) is 16.2. The Balaban J connectivity index is 1.42. The Hall–Kier alpha value is -3.37. The fourth-order valence-corrected chi connectivity index (χ4v) is 3.41. The van der Waals surface area contributed by atoms with Gasteiger partial charge in [0.2, 0.25) is 5.95 Å². The van der Waals surface area contributed by atoms with Crippen molar-refractivity contribution in [1.82, 2.24) is 24.3 Å². The zero-order chi connectivity index (χ0) is 21.3. The lowest BCUT2D eigenvalue weighted by Crippen LogP contribution is -2.48. The summed E-state index contributed by atoms with van der Waals surface area (Å²) in [6.45, 7) is 4.73. The Labute approximate surface area is 170 Å². The Morgan fingerprint density at radius 1 is 1.03 bits per heavy atom. The SMILES string of the molecule is Cc1ccccc1N1CCN(c2ncn(Cn3ccc(C(F)(F)F)n3)c(=O)n2)CC1. The molecule has 1 aliphatic heterocycles. The van der Waals surface area contributed by atoms with Gasteiger partial charge in [0.15, 0.2) is 5.69 Å². The van der Waals surface area contributed by atoms with Crippen LogP contribution in [0.2, 0.25) is 0 Å². The Kier molecular flexibility index (Phi) is 5.18. The van der Waals surface area contributed by atoms with Gasteiger partial charge in [-0.2, -0.15) is 23.3 Å². The number of rotatable bonds is 4. The molecule has 4 rings (SSSR count). The van der Waals surface area contributed by atoms with Gasteiger partial charge in [-0.15, -0.1) is 0 Å². The van der Waals surface area contributed by atoms with Crippen LogP contribution >= 0.6 is 0 Å². The maximum Gasteiger partial charge on any atom is 0.435 e. The summed E-state index contributed by atoms with van der Waals surface area (Å²) in [5, 5.41) is 3.43. The molecule has 0 amide bonds. The molecule has 1 fully saturated rings. The number of hydrogen-bond donors (Lipinski definition) is 0. The first-order valence-electron chi connectivity index (χ1n) is 9.41. The van der Waals surface area contributed by atoms with E-state index in [-0.39, 0.29) is 6.67 Å². The lowest BCUT2D eigenvalue weighted by molar-refractivity contribution is -0.141. The molecule has 1 aliphatic rings. The van der Waals surface area contributed by atoms with Crippen LogP contribution < -0.4 is 15.5 Å². The fraction of sp³-hybridized carbons (Fsp3) is 0.368. The largest absolute Gasteiger partial charge is 0.435 e. The lowest BCUT2D eigenvalue weighted by atomic mass is 10.1. The van der Waals surface area contributed by atoms with Crippen LogP contribution in [-0.4, -0.2) is 50.5 Å². The first kappa shape index (κ1) is 19.9. The standard InChI is InChI=1S/C19H20F3N7O/c1-14-4-2-3-5-15(14)26-8-10-27(11-9-26)17-23-12-28(18(30)24-17)13-29-7-6-16(25-29)19(20,21)22/h2-7,12H,8-11,13H2,1H3. The first-order chi connectivity index (χ1) is 14.3. The molecule has 0 bridgehead atoms. The number of aryl methyl sites for hydroxylation is 1. The third kappa shape index (κ3) is 4.14. The van der Waals surface area contributed by atoms with Crippen molar-refractivity contribution >= 4 is 11.6 Å². The third-order valence-corrected chi connectivity index (χ3v) is 5.00. The number of aromatic nitrogens is 5. The van der Waals surface area contributed by atoms with Crippen molar-refractivity contribution < 1.29 is 13.2 Å². The summed E-state index contributed by atoms with van der Waals surface area (Å²) < 4.78 is 40.1. The average Bonchev–Trinajstić information content (AvgIpc) is 3.19. The van der Waals surface area contributed by atoms with Gasteiger partial charge in [0.1, 0.15) is 13.0 Å². The normalized spacial score (nSPS) is 14.9. The maximum absolute atomic E-state index is 12.7. The van der Waals surface area contributed by atoms with E-state index >= 15 is 0 Å². The molecule has 0 unspecified atom stereocenters. The van der Waals surface area contributed by atoms with Gasteiger partial charge in [-0.1, -0.05) is 18.2 Å². The van der Waals surface area contributed by atoms with Crippen LogP contribution in [0.1, 0.15) is 11.3 Å². The van der Waals surface area contributed by atoms with E-state index in [0.29, 0.717) is 19.0 Å². The number of halogens is 3. The van der Waals surface area contributed by atoms with Gasteiger partial charge in [0.05, 0.1) is 0 Å². The molecule has 0 N–H and O–H groups in total. The number of alkyl halides is 3. The molecule has 3 aromatic rings. The van der Waals surface area contributed by atoms with Crippen molar-refractivity contribution in [3.63, 3.8) is 0 Å². The van der Waals surface area contributed by atoms with E-state index in [4.69, 9.17) is 0 Å². The van der Waals surface area contributed by atoms with Crippen LogP contribution in [0.3, 0.4) is 0 Å². The highest BCUT2D eigenvalue weighted by molar-refractivity contribution is 5.54. The topological polar surface area (TPSA) is 72.1 Å². The molecule has 1 saturated heterocycles. The molecule has 158 valence electrons. The summed E-state index contributed by atoms with van der Waals surface area (Å²) in [5.41, 5.74) is 0.785. The minimum absolute atomic E-state index is 0.198. The molecule has 8 nitrogen and oxygen atoms in total. The van der Waals surface area contributed by atoms with Crippen molar-refractivity contribution in [2.24, 2.45) is 0 Å². The van der Waals surface area contributed by atoms with E-state index in [1.165, 1.54) is 17.6 Å². The van der Waals surface area contributed by atoms with E-state index in [2.05, 4.69) is 39.0 Å². The second kappa shape index (κ2) is 7.81. The summed E-state index contributed by atoms with van der Waals surface area (Å²) in [5.74, 6) is 0.317. The summed E-state index contributed by atoms with van der Waals surface area (Å²) >= 11 is 0. The van der Waals surface area contributed by atoms with Crippen LogP contribution in [0.4, 0.5) is 24.8 Å². The molecular weight excluding hydrogens is 399 g/mol. The highest BCUT2D eigenvalue weighted by atomic mass is 19.4. The van der Waals surface area contributed by atoms with Gasteiger partial charge in [-0.25, -0.2) is 9.78 Å². The second-order valence-electron chi connectivity index (χ2n) is 7.05. The van der Waals surface area contributed by atoms with Crippen molar-refractivity contribution in [3.8, 4) is 0 Å². The van der Waals surface area contributed by atoms with E-state index in [1.807, 2.05) is 17.0 Å². The number of piperazine rings is 1. The first-order valence-corrected chi connectivity index (χ1v) is 9.41. The van der Waals surface area contributed by atoms with Crippen LogP contribution in [-0.2, 0) is 12.8 Å². The van der Waals surface area contributed by atoms with Crippen molar-refractivity contribution in [2.75, 3.05) is 36.0 Å². The molecule has 0 aliphatic carbocycles. The Morgan fingerprint density at radius 2 is 1.73 bits per heavy atom. The van der Waals surface area contributed by atoms with Crippen molar-refractivity contribution in [2.45, 2.75) is 19.8 Å². The minimum atomic E-state index is -4.53. The molecule has 0 spiro atoms. The van der Waals surface area contributed by atoms with Crippen molar-refractivity contribution in [1.29, 1.82) is 0 Å². The van der Waals surface area contributed by atoms with Crippen molar-refractivity contribution in [3.05, 3.63) is 64.6 Å². The summed E-state index contributed by atoms with van der Waals surface area (Å²) in [6.07, 6.45) is -2.09. The van der Waals surface area contributed by atoms with Crippen LogP contribution in [0.25, 0.3) is 0 Å². The number of para-hydroxylation sites is 1. The lowest BCUT2D eigenvalue weighted by Gasteiger charge is -2.36. The van der Waals surface area contributed by atoms with Crippen LogP contribution in [0, 0.1) is 6.92 Å². The molecule has 2 aromatic heterocycles. The molecule has 30 heavy (non-hydrogen) atoms. The molecular formula is C19H20F3N7O. The van der Waals surface area contributed by atoms with Gasteiger partial charge >= 0.3 is 11.9 Å². The van der Waals surface area contributed by atoms with Crippen LogP contribution in [0.5, 0.6) is 0 Å². The van der Waals surface area contributed by atoms with E-state index < -0.39 is 17.6 Å². The summed E-state index contributed by atoms with van der Waals surface area (Å²) in [6, 6.07) is 9.03. The maximum atomic E-state index is 12.7.